The highest BCUT2D eigenvalue weighted by Crippen LogP contribution is 1.98. The van der Waals surface area contributed by atoms with E-state index in [9.17, 15) is 0 Å². The molecule has 0 aromatic carbocycles. The first kappa shape index (κ1) is 11.8. The third kappa shape index (κ3) is 6.02. The van der Waals surface area contributed by atoms with Crippen LogP contribution in [0.2, 0.25) is 0 Å². The van der Waals surface area contributed by atoms with E-state index in [1.807, 2.05) is 25.2 Å². The lowest BCUT2D eigenvalue weighted by Gasteiger charge is -2.04. The van der Waals surface area contributed by atoms with Gasteiger partial charge < -0.3 is 10.1 Å². The van der Waals surface area contributed by atoms with Crippen LogP contribution < -0.4 is 5.32 Å². The fourth-order valence-electron chi connectivity index (χ4n) is 0.777. The zero-order valence-electron chi connectivity index (χ0n) is 8.76. The molecule has 0 spiro atoms. The van der Waals surface area contributed by atoms with Crippen molar-refractivity contribution in [2.75, 3.05) is 13.7 Å². The third-order valence-corrected chi connectivity index (χ3v) is 1.60. The zero-order chi connectivity index (χ0) is 10.1. The number of methoxy groups -OCH3 is 1. The summed E-state index contributed by atoms with van der Waals surface area (Å²) in [6, 6.07) is 0. The molecule has 0 aliphatic heterocycles. The minimum atomic E-state index is 0.664. The van der Waals surface area contributed by atoms with Gasteiger partial charge in [0.15, 0.2) is 0 Å². The quantitative estimate of drug-likeness (QED) is 0.502. The van der Waals surface area contributed by atoms with E-state index in [-0.39, 0.29) is 0 Å². The summed E-state index contributed by atoms with van der Waals surface area (Å²) in [4.78, 5) is 0. The molecule has 0 rings (SSSR count). The van der Waals surface area contributed by atoms with Gasteiger partial charge in [-0.05, 0) is 25.5 Å². The molecule has 2 nitrogen and oxygen atoms in total. The minimum absolute atomic E-state index is 0.664. The molecule has 0 radical (unpaired) electrons. The molecule has 1 N–H and O–H groups in total. The standard InChI is InChI=1S/C11H19NO/c1-5-9-12-11(6-2)8-7-10(3)13-4/h6-8,12H,3,5,9H2,1-2,4H3/b8-7-,11-6+. The fraction of sp³-hybridized carbons (Fsp3) is 0.455. The summed E-state index contributed by atoms with van der Waals surface area (Å²) in [5.74, 6) is 0.664. The predicted molar refractivity (Wildman–Crippen MR) is 57.3 cm³/mol. The van der Waals surface area contributed by atoms with Gasteiger partial charge in [-0.15, -0.1) is 0 Å². The Kier molecular flexibility index (Phi) is 6.79. The maximum Gasteiger partial charge on any atom is 0.111 e. The Morgan fingerprint density at radius 2 is 2.15 bits per heavy atom. The molecule has 0 bridgehead atoms. The van der Waals surface area contributed by atoms with Crippen LogP contribution in [0, 0.1) is 0 Å². The number of nitrogens with one attached hydrogen (secondary N) is 1. The Bertz CT molecular complexity index is 204. The van der Waals surface area contributed by atoms with Crippen molar-refractivity contribution in [1.82, 2.24) is 5.32 Å². The molecule has 0 amide bonds. The average Bonchev–Trinajstić information content (AvgIpc) is 2.17. The molecular formula is C11H19NO. The van der Waals surface area contributed by atoms with Gasteiger partial charge in [-0.1, -0.05) is 19.6 Å². The summed E-state index contributed by atoms with van der Waals surface area (Å²) in [7, 11) is 1.61. The van der Waals surface area contributed by atoms with E-state index in [1.165, 1.54) is 0 Å². The largest absolute Gasteiger partial charge is 0.497 e. The molecule has 0 fully saturated rings. The second-order valence-corrected chi connectivity index (χ2v) is 2.67. The molecular weight excluding hydrogens is 162 g/mol. The van der Waals surface area contributed by atoms with Gasteiger partial charge in [0.1, 0.15) is 5.76 Å². The molecule has 13 heavy (non-hydrogen) atoms. The van der Waals surface area contributed by atoms with Crippen molar-refractivity contribution >= 4 is 0 Å². The average molecular weight is 181 g/mol. The molecule has 0 unspecified atom stereocenters. The van der Waals surface area contributed by atoms with Gasteiger partial charge in [0, 0.05) is 12.2 Å². The van der Waals surface area contributed by atoms with E-state index in [0.29, 0.717) is 5.76 Å². The normalized spacial score (nSPS) is 11.8. The zero-order valence-corrected chi connectivity index (χ0v) is 8.76. The third-order valence-electron chi connectivity index (χ3n) is 1.60. The molecule has 0 aliphatic rings. The lowest BCUT2D eigenvalue weighted by atomic mass is 10.3. The smallest absolute Gasteiger partial charge is 0.111 e. The number of allylic oxidation sites excluding steroid dienone is 3. The second-order valence-electron chi connectivity index (χ2n) is 2.67. The Morgan fingerprint density at radius 3 is 2.62 bits per heavy atom. The van der Waals surface area contributed by atoms with Crippen LogP contribution in [0.5, 0.6) is 0 Å². The van der Waals surface area contributed by atoms with Gasteiger partial charge in [0.25, 0.3) is 0 Å². The lowest BCUT2D eigenvalue weighted by Crippen LogP contribution is -2.12. The van der Waals surface area contributed by atoms with Crippen LogP contribution in [0.15, 0.2) is 36.3 Å². The predicted octanol–water partition coefficient (Wildman–Crippen LogP) is 2.61. The van der Waals surface area contributed by atoms with Crippen LogP contribution >= 0.6 is 0 Å². The fourth-order valence-corrected chi connectivity index (χ4v) is 0.777. The molecule has 0 atom stereocenters. The molecule has 0 heterocycles. The summed E-state index contributed by atoms with van der Waals surface area (Å²) in [5, 5.41) is 3.28. The van der Waals surface area contributed by atoms with Gasteiger partial charge >= 0.3 is 0 Å². The highest BCUT2D eigenvalue weighted by atomic mass is 16.5. The topological polar surface area (TPSA) is 21.3 Å². The first-order chi connectivity index (χ1) is 6.24. The van der Waals surface area contributed by atoms with Crippen LogP contribution in [0.3, 0.4) is 0 Å². The molecule has 0 saturated carbocycles. The van der Waals surface area contributed by atoms with Crippen molar-refractivity contribution in [2.24, 2.45) is 0 Å². The monoisotopic (exact) mass is 181 g/mol. The highest BCUT2D eigenvalue weighted by Gasteiger charge is 1.88. The van der Waals surface area contributed by atoms with Gasteiger partial charge in [0.2, 0.25) is 0 Å². The molecule has 0 saturated heterocycles. The lowest BCUT2D eigenvalue weighted by molar-refractivity contribution is 0.309. The maximum atomic E-state index is 4.91. The maximum absolute atomic E-state index is 4.91. The van der Waals surface area contributed by atoms with Gasteiger partial charge in [-0.2, -0.15) is 0 Å². The number of hydrogen-bond acceptors (Lipinski definition) is 2. The number of rotatable bonds is 6. The first-order valence-electron chi connectivity index (χ1n) is 4.55. The Hall–Kier alpha value is -1.18. The SMILES string of the molecule is C=C(/C=C\C(=C/C)NCCC)OC. The summed E-state index contributed by atoms with van der Waals surface area (Å²) < 4.78 is 4.91. The molecule has 2 heteroatoms. The van der Waals surface area contributed by atoms with Crippen molar-refractivity contribution in [2.45, 2.75) is 20.3 Å². The van der Waals surface area contributed by atoms with Crippen molar-refractivity contribution in [3.8, 4) is 0 Å². The van der Waals surface area contributed by atoms with E-state index in [2.05, 4.69) is 18.8 Å². The van der Waals surface area contributed by atoms with E-state index in [0.717, 1.165) is 18.7 Å². The number of hydrogen-bond donors (Lipinski definition) is 1. The summed E-state index contributed by atoms with van der Waals surface area (Å²) in [6.07, 6.45) is 6.95. The van der Waals surface area contributed by atoms with E-state index in [4.69, 9.17) is 4.74 Å². The van der Waals surface area contributed by atoms with Crippen LogP contribution in [0.25, 0.3) is 0 Å². The Labute approximate surface area is 81.0 Å². The first-order valence-corrected chi connectivity index (χ1v) is 4.55. The van der Waals surface area contributed by atoms with Gasteiger partial charge in [-0.25, -0.2) is 0 Å². The minimum Gasteiger partial charge on any atom is -0.497 e. The van der Waals surface area contributed by atoms with E-state index < -0.39 is 0 Å². The van der Waals surface area contributed by atoms with E-state index in [1.54, 1.807) is 7.11 Å². The highest BCUT2D eigenvalue weighted by molar-refractivity contribution is 5.21. The second kappa shape index (κ2) is 7.47. The van der Waals surface area contributed by atoms with Crippen LogP contribution in [-0.2, 0) is 4.74 Å². The van der Waals surface area contributed by atoms with E-state index >= 15 is 0 Å². The molecule has 74 valence electrons. The van der Waals surface area contributed by atoms with Gasteiger partial charge in [0.05, 0.1) is 7.11 Å². The summed E-state index contributed by atoms with van der Waals surface area (Å²) >= 11 is 0. The van der Waals surface area contributed by atoms with Crippen LogP contribution in [-0.4, -0.2) is 13.7 Å². The van der Waals surface area contributed by atoms with Crippen molar-refractivity contribution in [3.63, 3.8) is 0 Å². The van der Waals surface area contributed by atoms with Crippen molar-refractivity contribution in [3.05, 3.63) is 36.3 Å². The molecule has 0 aromatic heterocycles. The molecule has 0 aromatic rings. The van der Waals surface area contributed by atoms with Gasteiger partial charge in [-0.3, -0.25) is 0 Å². The summed E-state index contributed by atoms with van der Waals surface area (Å²) in [6.45, 7) is 8.82. The van der Waals surface area contributed by atoms with Crippen molar-refractivity contribution in [1.29, 1.82) is 0 Å². The Balaban J connectivity index is 3.98. The Morgan fingerprint density at radius 1 is 1.46 bits per heavy atom. The molecule has 0 aliphatic carbocycles. The van der Waals surface area contributed by atoms with Crippen LogP contribution in [0.1, 0.15) is 20.3 Å². The summed E-state index contributed by atoms with van der Waals surface area (Å²) in [5.41, 5.74) is 1.10. The van der Waals surface area contributed by atoms with Crippen LogP contribution in [0.4, 0.5) is 0 Å². The van der Waals surface area contributed by atoms with Crippen molar-refractivity contribution < 1.29 is 4.74 Å². The number of ether oxygens (including phenoxy) is 1.